The number of nitrogens with one attached hydrogen (secondary N) is 1. The van der Waals surface area contributed by atoms with Crippen LogP contribution in [0, 0.1) is 0 Å². The molecule has 5 nitrogen and oxygen atoms in total. The van der Waals surface area contributed by atoms with Crippen molar-refractivity contribution in [3.63, 3.8) is 0 Å². The van der Waals surface area contributed by atoms with E-state index in [1.54, 1.807) is 12.3 Å². The Morgan fingerprint density at radius 1 is 1.20 bits per heavy atom. The van der Waals surface area contributed by atoms with E-state index in [4.69, 9.17) is 11.6 Å². The molecule has 132 valence electrons. The first-order valence-electron chi connectivity index (χ1n) is 8.54. The third-order valence-electron chi connectivity index (χ3n) is 4.40. The normalized spacial score (nSPS) is 15.2. The number of carbonyl (C=O) groups is 1. The summed E-state index contributed by atoms with van der Waals surface area (Å²) in [5, 5.41) is 4.08. The van der Waals surface area contributed by atoms with Crippen LogP contribution in [0.2, 0.25) is 5.02 Å². The summed E-state index contributed by atoms with van der Waals surface area (Å²) >= 11 is 5.99. The van der Waals surface area contributed by atoms with Gasteiger partial charge in [0, 0.05) is 37.7 Å². The molecule has 25 heavy (non-hydrogen) atoms. The van der Waals surface area contributed by atoms with Crippen LogP contribution in [-0.4, -0.2) is 60.5 Å². The number of aromatic nitrogens is 1. The highest BCUT2D eigenvalue weighted by molar-refractivity contribution is 6.30. The summed E-state index contributed by atoms with van der Waals surface area (Å²) in [5.74, 6) is 0.0126. The van der Waals surface area contributed by atoms with Crippen molar-refractivity contribution in [2.75, 3.05) is 45.1 Å². The van der Waals surface area contributed by atoms with Gasteiger partial charge in [0.2, 0.25) is 0 Å². The first-order chi connectivity index (χ1) is 12.1. The zero-order valence-corrected chi connectivity index (χ0v) is 15.2. The van der Waals surface area contributed by atoms with Crippen molar-refractivity contribution in [2.45, 2.75) is 6.42 Å². The van der Waals surface area contributed by atoms with Gasteiger partial charge in [-0.3, -0.25) is 4.79 Å². The maximum atomic E-state index is 12.5. The fourth-order valence-electron chi connectivity index (χ4n) is 2.84. The Morgan fingerprint density at radius 3 is 2.68 bits per heavy atom. The Labute approximate surface area is 153 Å². The molecule has 1 saturated heterocycles. The fraction of sp³-hybridized carbons (Fsp3) is 0.368. The van der Waals surface area contributed by atoms with E-state index in [0.717, 1.165) is 49.9 Å². The number of pyridine rings is 1. The zero-order chi connectivity index (χ0) is 17.6. The quantitative estimate of drug-likeness (QED) is 0.892. The monoisotopic (exact) mass is 358 g/mol. The molecule has 1 aliphatic heterocycles. The van der Waals surface area contributed by atoms with Gasteiger partial charge in [0.15, 0.2) is 0 Å². The Morgan fingerprint density at radius 2 is 2.00 bits per heavy atom. The Hall–Kier alpha value is -2.11. The number of benzene rings is 1. The van der Waals surface area contributed by atoms with Gasteiger partial charge in [-0.15, -0.1) is 0 Å². The number of nitrogens with zero attached hydrogens (tertiary/aromatic N) is 3. The van der Waals surface area contributed by atoms with E-state index in [0.29, 0.717) is 5.69 Å². The van der Waals surface area contributed by atoms with E-state index >= 15 is 0 Å². The highest BCUT2D eigenvalue weighted by atomic mass is 35.5. The van der Waals surface area contributed by atoms with Crippen LogP contribution in [0.4, 0.5) is 5.69 Å². The summed E-state index contributed by atoms with van der Waals surface area (Å²) in [5.41, 5.74) is 2.61. The molecule has 6 heteroatoms. The molecule has 0 bridgehead atoms. The van der Waals surface area contributed by atoms with Gasteiger partial charge in [-0.2, -0.15) is 0 Å². The number of hydrogen-bond acceptors (Lipinski definition) is 4. The van der Waals surface area contributed by atoms with Gasteiger partial charge in [0.05, 0.1) is 11.9 Å². The summed E-state index contributed by atoms with van der Waals surface area (Å²) in [7, 11) is 2.07. The van der Waals surface area contributed by atoms with Crippen LogP contribution < -0.4 is 5.32 Å². The van der Waals surface area contributed by atoms with Crippen molar-refractivity contribution < 1.29 is 4.79 Å². The topological polar surface area (TPSA) is 48.5 Å². The van der Waals surface area contributed by atoms with Crippen molar-refractivity contribution in [1.29, 1.82) is 0 Å². The molecule has 0 atom stereocenters. The molecule has 1 aromatic heterocycles. The predicted octanol–water partition coefficient (Wildman–Crippen LogP) is 2.78. The molecular weight excluding hydrogens is 336 g/mol. The molecule has 1 N–H and O–H groups in total. The van der Waals surface area contributed by atoms with E-state index < -0.39 is 0 Å². The summed E-state index contributed by atoms with van der Waals surface area (Å²) in [6.07, 6.45) is 2.60. The van der Waals surface area contributed by atoms with Crippen molar-refractivity contribution >= 4 is 23.2 Å². The lowest BCUT2D eigenvalue weighted by Crippen LogP contribution is -2.47. The summed E-state index contributed by atoms with van der Waals surface area (Å²) in [6.45, 7) is 4.13. The number of anilines is 1. The highest BCUT2D eigenvalue weighted by Gasteiger charge is 2.21. The minimum Gasteiger partial charge on any atom is -0.383 e. The van der Waals surface area contributed by atoms with Gasteiger partial charge >= 0.3 is 0 Å². The standard InChI is InChI=1S/C19H23ClN4O/c1-23-9-11-24(12-10-23)19(25)18-6-5-17(14-22-18)21-8-7-15-3-2-4-16(20)13-15/h2-6,13-14,21H,7-12H2,1H3. The molecular formula is C19H23ClN4O. The van der Waals surface area contributed by atoms with Crippen LogP contribution >= 0.6 is 11.6 Å². The molecule has 0 spiro atoms. The third kappa shape index (κ3) is 4.94. The number of amides is 1. The van der Waals surface area contributed by atoms with Crippen LogP contribution in [0.1, 0.15) is 16.1 Å². The van der Waals surface area contributed by atoms with E-state index in [-0.39, 0.29) is 5.91 Å². The minimum atomic E-state index is 0.0126. The van der Waals surface area contributed by atoms with Gasteiger partial charge in [0.25, 0.3) is 5.91 Å². The van der Waals surface area contributed by atoms with Crippen LogP contribution in [0.15, 0.2) is 42.6 Å². The van der Waals surface area contributed by atoms with Crippen molar-refractivity contribution in [2.24, 2.45) is 0 Å². The molecule has 1 aliphatic rings. The maximum Gasteiger partial charge on any atom is 0.272 e. The number of likely N-dealkylation sites (N-methyl/N-ethyl adjacent to an activating group) is 1. The number of halogens is 1. The lowest BCUT2D eigenvalue weighted by Gasteiger charge is -2.32. The summed E-state index contributed by atoms with van der Waals surface area (Å²) in [6, 6.07) is 11.6. The second-order valence-corrected chi connectivity index (χ2v) is 6.77. The van der Waals surface area contributed by atoms with Gasteiger partial charge in [-0.1, -0.05) is 23.7 Å². The number of carbonyl (C=O) groups excluding carboxylic acids is 1. The molecule has 1 amide bonds. The number of piperazine rings is 1. The molecule has 1 fully saturated rings. The van der Waals surface area contributed by atoms with E-state index in [2.05, 4.69) is 28.3 Å². The van der Waals surface area contributed by atoms with E-state index in [1.807, 2.05) is 29.2 Å². The second-order valence-electron chi connectivity index (χ2n) is 6.33. The lowest BCUT2D eigenvalue weighted by atomic mass is 10.1. The van der Waals surface area contributed by atoms with E-state index in [1.165, 1.54) is 5.56 Å². The minimum absolute atomic E-state index is 0.0126. The Kier molecular flexibility index (Phi) is 5.89. The molecule has 3 rings (SSSR count). The molecule has 0 aliphatic carbocycles. The fourth-order valence-corrected chi connectivity index (χ4v) is 3.05. The largest absolute Gasteiger partial charge is 0.383 e. The predicted molar refractivity (Wildman–Crippen MR) is 101 cm³/mol. The SMILES string of the molecule is CN1CCN(C(=O)c2ccc(NCCc3cccc(Cl)c3)cn2)CC1. The summed E-state index contributed by atoms with van der Waals surface area (Å²) < 4.78 is 0. The molecule has 2 heterocycles. The highest BCUT2D eigenvalue weighted by Crippen LogP contribution is 2.13. The van der Waals surface area contributed by atoms with Crippen molar-refractivity contribution in [3.8, 4) is 0 Å². The van der Waals surface area contributed by atoms with Gasteiger partial charge in [-0.25, -0.2) is 4.98 Å². The van der Waals surface area contributed by atoms with Gasteiger partial charge < -0.3 is 15.1 Å². The van der Waals surface area contributed by atoms with Gasteiger partial charge in [-0.05, 0) is 43.3 Å². The average Bonchev–Trinajstić information content (AvgIpc) is 2.62. The molecule has 1 aromatic carbocycles. The Bertz CT molecular complexity index is 712. The number of hydrogen-bond donors (Lipinski definition) is 1. The maximum absolute atomic E-state index is 12.5. The first kappa shape index (κ1) is 17.7. The van der Waals surface area contributed by atoms with E-state index in [9.17, 15) is 4.79 Å². The molecule has 0 radical (unpaired) electrons. The average molecular weight is 359 g/mol. The molecule has 2 aromatic rings. The van der Waals surface area contributed by atoms with Crippen LogP contribution in [0.25, 0.3) is 0 Å². The Balaban J connectivity index is 1.51. The second kappa shape index (κ2) is 8.32. The van der Waals surface area contributed by atoms with Crippen LogP contribution in [0.3, 0.4) is 0 Å². The van der Waals surface area contributed by atoms with Crippen LogP contribution in [0.5, 0.6) is 0 Å². The zero-order valence-electron chi connectivity index (χ0n) is 14.4. The summed E-state index contributed by atoms with van der Waals surface area (Å²) in [4.78, 5) is 20.9. The van der Waals surface area contributed by atoms with Crippen molar-refractivity contribution in [3.05, 3.63) is 58.9 Å². The van der Waals surface area contributed by atoms with Gasteiger partial charge in [0.1, 0.15) is 5.69 Å². The third-order valence-corrected chi connectivity index (χ3v) is 4.64. The van der Waals surface area contributed by atoms with Crippen LogP contribution in [-0.2, 0) is 6.42 Å². The first-order valence-corrected chi connectivity index (χ1v) is 8.92. The molecule has 0 saturated carbocycles. The number of rotatable bonds is 5. The smallest absolute Gasteiger partial charge is 0.272 e. The lowest BCUT2D eigenvalue weighted by molar-refractivity contribution is 0.0658. The molecule has 0 unspecified atom stereocenters. The van der Waals surface area contributed by atoms with Crippen molar-refractivity contribution in [1.82, 2.24) is 14.8 Å².